The van der Waals surface area contributed by atoms with Crippen LogP contribution in [0.15, 0.2) is 0 Å². The topological polar surface area (TPSA) is 12.5 Å². The summed E-state index contributed by atoms with van der Waals surface area (Å²) in [5.41, 5.74) is 0. The van der Waals surface area contributed by atoms with Crippen LogP contribution in [0.4, 0.5) is 0 Å². The molecule has 0 aromatic heterocycles. The van der Waals surface area contributed by atoms with Crippen molar-refractivity contribution in [3.05, 3.63) is 0 Å². The van der Waals surface area contributed by atoms with E-state index in [9.17, 15) is 0 Å². The number of epoxide rings is 1. The number of hydrogen-bond donors (Lipinski definition) is 0. The van der Waals surface area contributed by atoms with Gasteiger partial charge in [0.2, 0.25) is 3.42 Å². The van der Waals surface area contributed by atoms with E-state index in [1.807, 2.05) is 0 Å². The fourth-order valence-corrected chi connectivity index (χ4v) is 1.27. The lowest BCUT2D eigenvalue weighted by atomic mass is 11.0. The Morgan fingerprint density at radius 3 is 1.67 bits per heavy atom. The molecule has 0 aliphatic carbocycles. The second kappa shape index (κ2) is 1.44. The zero-order valence-electron chi connectivity index (χ0n) is 2.62. The van der Waals surface area contributed by atoms with Crippen molar-refractivity contribution in [2.75, 3.05) is 0 Å². The van der Waals surface area contributed by atoms with Gasteiger partial charge in [-0.25, -0.2) is 0 Å². The molecule has 0 N–H and O–H groups in total. The van der Waals surface area contributed by atoms with Crippen LogP contribution in [0, 0.1) is 0 Å². The fourth-order valence-electron chi connectivity index (χ4n) is 0.104. The average Bonchev–Trinajstić information content (AvgIpc) is 1.73. The van der Waals surface area contributed by atoms with Gasteiger partial charge in [-0.05, 0) is 31.9 Å². The Labute approximate surface area is 60.8 Å². The first kappa shape index (κ1) is 5.54. The number of rotatable bonds is 0. The van der Waals surface area contributed by atoms with Gasteiger partial charge >= 0.3 is 0 Å². The van der Waals surface area contributed by atoms with Gasteiger partial charge in [-0.15, -0.1) is 0 Å². The van der Waals surface area contributed by atoms with Crippen molar-refractivity contribution in [1.29, 1.82) is 0 Å². The SMILES string of the molecule is BrC1OC1(Br)Br. The van der Waals surface area contributed by atoms with E-state index in [0.717, 1.165) is 0 Å². The molecule has 1 heterocycles. The molecule has 0 saturated carbocycles. The number of ether oxygens (including phenoxy) is 1. The minimum atomic E-state index is -0.250. The smallest absolute Gasteiger partial charge is 0.215 e. The Hall–Kier alpha value is 1.40. The van der Waals surface area contributed by atoms with E-state index in [0.29, 0.717) is 0 Å². The molecule has 6 heavy (non-hydrogen) atoms. The van der Waals surface area contributed by atoms with Gasteiger partial charge in [0.15, 0.2) is 5.01 Å². The maximum Gasteiger partial charge on any atom is 0.215 e. The van der Waals surface area contributed by atoms with E-state index in [2.05, 4.69) is 47.8 Å². The fraction of sp³-hybridized carbons (Fsp3) is 1.00. The predicted molar refractivity (Wildman–Crippen MR) is 34.4 cm³/mol. The number of halogens is 3. The monoisotopic (exact) mass is 278 g/mol. The summed E-state index contributed by atoms with van der Waals surface area (Å²) in [6.45, 7) is 0. The first-order valence-corrected chi connectivity index (χ1v) is 3.83. The first-order valence-electron chi connectivity index (χ1n) is 1.32. The summed E-state index contributed by atoms with van der Waals surface area (Å²) in [5, 5.41) is 0.144. The molecule has 0 aromatic carbocycles. The van der Waals surface area contributed by atoms with Crippen LogP contribution in [-0.2, 0) is 4.74 Å². The van der Waals surface area contributed by atoms with E-state index in [4.69, 9.17) is 4.74 Å². The average molecular weight is 281 g/mol. The summed E-state index contributed by atoms with van der Waals surface area (Å²) in [6, 6.07) is 0. The molecule has 1 atom stereocenters. The van der Waals surface area contributed by atoms with Crippen LogP contribution in [0.1, 0.15) is 0 Å². The molecule has 0 bridgehead atoms. The van der Waals surface area contributed by atoms with Gasteiger partial charge in [-0.3, -0.25) is 0 Å². The highest BCUT2D eigenvalue weighted by atomic mass is 79.9. The van der Waals surface area contributed by atoms with Crippen molar-refractivity contribution < 1.29 is 4.74 Å². The molecule has 0 radical (unpaired) electrons. The second-order valence-electron chi connectivity index (χ2n) is 0.996. The highest BCUT2D eigenvalue weighted by Gasteiger charge is 2.50. The zero-order chi connectivity index (χ0) is 4.78. The third kappa shape index (κ3) is 0.967. The van der Waals surface area contributed by atoms with Crippen LogP contribution >= 0.6 is 47.8 Å². The Kier molecular flexibility index (Phi) is 1.32. The van der Waals surface area contributed by atoms with Crippen molar-refractivity contribution in [2.45, 2.75) is 8.43 Å². The molecule has 1 saturated heterocycles. The van der Waals surface area contributed by atoms with Crippen LogP contribution in [0.5, 0.6) is 0 Å². The van der Waals surface area contributed by atoms with E-state index >= 15 is 0 Å². The van der Waals surface area contributed by atoms with Gasteiger partial charge in [0.25, 0.3) is 0 Å². The first-order chi connectivity index (χ1) is 2.63. The largest absolute Gasteiger partial charge is 0.331 e. The molecule has 1 unspecified atom stereocenters. The molecule has 1 rings (SSSR count). The molecule has 0 amide bonds. The Bertz CT molecular complexity index is 71.2. The van der Waals surface area contributed by atoms with Crippen LogP contribution in [0.3, 0.4) is 0 Å². The van der Waals surface area contributed by atoms with Crippen molar-refractivity contribution in [2.24, 2.45) is 0 Å². The van der Waals surface area contributed by atoms with Crippen LogP contribution in [-0.4, -0.2) is 8.43 Å². The lowest BCUT2D eigenvalue weighted by Crippen LogP contribution is -1.81. The third-order valence-electron chi connectivity index (χ3n) is 0.468. The summed E-state index contributed by atoms with van der Waals surface area (Å²) in [4.78, 5) is 0. The molecule has 1 aliphatic rings. The Morgan fingerprint density at radius 1 is 1.50 bits per heavy atom. The van der Waals surface area contributed by atoms with E-state index in [1.165, 1.54) is 0 Å². The quantitative estimate of drug-likeness (QED) is 0.489. The second-order valence-corrected chi connectivity index (χ2v) is 5.25. The van der Waals surface area contributed by atoms with Gasteiger partial charge in [0.1, 0.15) is 0 Å². The molecule has 36 valence electrons. The van der Waals surface area contributed by atoms with Crippen molar-refractivity contribution in [3.8, 4) is 0 Å². The van der Waals surface area contributed by atoms with Gasteiger partial charge in [0, 0.05) is 0 Å². The molecule has 0 spiro atoms. The molecule has 4 heteroatoms. The summed E-state index contributed by atoms with van der Waals surface area (Å²) < 4.78 is 4.60. The van der Waals surface area contributed by atoms with Gasteiger partial charge in [0.05, 0.1) is 0 Å². The molecular weight excluding hydrogens is 280 g/mol. The van der Waals surface area contributed by atoms with Crippen molar-refractivity contribution >= 4 is 47.8 Å². The maximum absolute atomic E-state index is 4.85. The van der Waals surface area contributed by atoms with E-state index < -0.39 is 0 Å². The normalized spacial score (nSPS) is 39.5. The van der Waals surface area contributed by atoms with E-state index in [-0.39, 0.29) is 8.43 Å². The molecular formula is C2HBr3O. The number of hydrogen-bond acceptors (Lipinski definition) is 1. The highest BCUT2D eigenvalue weighted by molar-refractivity contribution is 9.26. The van der Waals surface area contributed by atoms with E-state index in [1.54, 1.807) is 0 Å². The summed E-state index contributed by atoms with van der Waals surface area (Å²) >= 11 is 9.59. The molecule has 1 fully saturated rings. The van der Waals surface area contributed by atoms with Crippen molar-refractivity contribution in [3.63, 3.8) is 0 Å². The molecule has 0 aromatic rings. The lowest BCUT2D eigenvalue weighted by Gasteiger charge is -1.77. The van der Waals surface area contributed by atoms with Gasteiger partial charge in [-0.1, -0.05) is 15.9 Å². The minimum absolute atomic E-state index is 0.144. The third-order valence-corrected chi connectivity index (χ3v) is 3.73. The Balaban J connectivity index is 2.41. The highest BCUT2D eigenvalue weighted by Crippen LogP contribution is 2.51. The summed E-state index contributed by atoms with van der Waals surface area (Å²) in [6.07, 6.45) is 0. The predicted octanol–water partition coefficient (Wildman–Crippen LogP) is 2.18. The minimum Gasteiger partial charge on any atom is -0.331 e. The van der Waals surface area contributed by atoms with Crippen molar-refractivity contribution in [1.82, 2.24) is 0 Å². The van der Waals surface area contributed by atoms with Gasteiger partial charge in [-0.2, -0.15) is 0 Å². The maximum atomic E-state index is 4.85. The van der Waals surface area contributed by atoms with Crippen LogP contribution in [0.2, 0.25) is 0 Å². The Morgan fingerprint density at radius 2 is 1.67 bits per heavy atom. The summed E-state index contributed by atoms with van der Waals surface area (Å²) in [5.74, 6) is 0. The summed E-state index contributed by atoms with van der Waals surface area (Å²) in [7, 11) is 0. The zero-order valence-corrected chi connectivity index (χ0v) is 7.38. The lowest BCUT2D eigenvalue weighted by molar-refractivity contribution is 0.442. The standard InChI is InChI=1S/C2HBr3O/c3-1-2(4,5)6-1/h1H. The molecule has 1 aliphatic heterocycles. The number of alkyl halides is 3. The van der Waals surface area contributed by atoms with Crippen LogP contribution in [0.25, 0.3) is 0 Å². The van der Waals surface area contributed by atoms with Crippen LogP contribution < -0.4 is 0 Å². The van der Waals surface area contributed by atoms with Gasteiger partial charge < -0.3 is 4.74 Å². The molecule has 1 nitrogen and oxygen atoms in total.